The van der Waals surface area contributed by atoms with E-state index in [1.807, 2.05) is 0 Å². The molecule has 0 bridgehead atoms. The average molecular weight is 156 g/mol. The van der Waals surface area contributed by atoms with Crippen molar-refractivity contribution in [3.8, 4) is 0 Å². The summed E-state index contributed by atoms with van der Waals surface area (Å²) in [5.74, 6) is 0. The number of hydrogen-bond donors (Lipinski definition) is 0. The summed E-state index contributed by atoms with van der Waals surface area (Å²) in [6.45, 7) is 0. The molecule has 0 aromatic rings. The van der Waals surface area contributed by atoms with Crippen molar-refractivity contribution < 1.29 is 105 Å². The van der Waals surface area contributed by atoms with Crippen molar-refractivity contribution in [3.05, 3.63) is 0 Å². The standard InChI is InChI=1S/4Li.3O.S.Ti/q4*+1;;2*-1;-2;. The maximum Gasteiger partial charge on any atom is -2.00 e. The molecule has 0 amide bonds. The van der Waals surface area contributed by atoms with Crippen LogP contribution in [0.15, 0.2) is 0 Å². The summed E-state index contributed by atoms with van der Waals surface area (Å²) in [6.07, 6.45) is 0. The van der Waals surface area contributed by atoms with Gasteiger partial charge >= 0.3 is 105 Å². The second-order valence-corrected chi connectivity index (χ2v) is 1.03. The fourth-order valence-corrected chi connectivity index (χ4v) is 0. The van der Waals surface area contributed by atoms with E-state index in [0.29, 0.717) is 0 Å². The Hall–Kier alpha value is 3.17. The first-order valence-electron chi connectivity index (χ1n) is 0.612. The van der Waals surface area contributed by atoms with Crippen LogP contribution in [0.2, 0.25) is 0 Å². The van der Waals surface area contributed by atoms with Gasteiger partial charge in [-0.3, -0.25) is 0 Å². The Bertz CT molecular complexity index is 38.8. The first kappa shape index (κ1) is 39.9. The molecule has 9 heavy (non-hydrogen) atoms. The molecular weight excluding hydrogens is 156 g/mol. The fourth-order valence-electron chi connectivity index (χ4n) is 0. The summed E-state index contributed by atoms with van der Waals surface area (Å²) in [5, 5.41) is 0. The minimum atomic E-state index is -4.08. The zero-order valence-electron chi connectivity index (χ0n) is 6.13. The van der Waals surface area contributed by atoms with E-state index in [9.17, 15) is 0 Å². The molecule has 0 N–H and O–H groups in total. The van der Waals surface area contributed by atoms with E-state index in [1.165, 1.54) is 0 Å². The molecule has 0 aliphatic rings. The Morgan fingerprint density at radius 2 is 0.889 bits per heavy atom. The molecule has 0 aliphatic heterocycles. The smallest absolute Gasteiger partial charge is 2.00 e. The van der Waals surface area contributed by atoms with Crippen LogP contribution in [-0.4, -0.2) is 0 Å². The van der Waals surface area contributed by atoms with E-state index in [2.05, 4.69) is 0 Å². The molecule has 0 radical (unpaired) electrons. The van der Waals surface area contributed by atoms with Gasteiger partial charge in [-0.25, -0.2) is 0 Å². The Labute approximate surface area is 116 Å². The van der Waals surface area contributed by atoms with Gasteiger partial charge in [0.1, 0.15) is 0 Å². The Balaban J connectivity index is -0.00000000450. The fraction of sp³-hybridized carbons (Fsp3) is 0. The van der Waals surface area contributed by atoms with Crippen LogP contribution in [0.3, 0.4) is 0 Å². The van der Waals surface area contributed by atoms with Gasteiger partial charge in [0.05, 0.1) is 0 Å². The van der Waals surface area contributed by atoms with E-state index in [4.69, 9.17) is 10.7 Å². The van der Waals surface area contributed by atoms with Gasteiger partial charge in [0.15, 0.2) is 0 Å². The van der Waals surface area contributed by atoms with Crippen LogP contribution in [0.25, 0.3) is 0 Å². The monoisotopic (exact) mass is 156 g/mol. The molecule has 32 valence electrons. The van der Waals surface area contributed by atoms with Crippen LogP contribution in [0.4, 0.5) is 0 Å². The van der Waals surface area contributed by atoms with E-state index in [0.717, 1.165) is 0 Å². The minimum absolute atomic E-state index is 0. The predicted molar refractivity (Wildman–Crippen MR) is 8.05 cm³/mol. The first-order valence-corrected chi connectivity index (χ1v) is 2.52. The zero-order valence-corrected chi connectivity index (χ0v) is 8.51. The minimum Gasteiger partial charge on any atom is -2.00 e. The molecule has 0 saturated carbocycles. The first-order chi connectivity index (χ1) is 1.73. The van der Waals surface area contributed by atoms with Crippen molar-refractivity contribution in [2.24, 2.45) is 0 Å². The Morgan fingerprint density at radius 3 is 0.889 bits per heavy atom. The Morgan fingerprint density at radius 1 is 0.889 bits per heavy atom. The van der Waals surface area contributed by atoms with Gasteiger partial charge in [-0.2, -0.15) is 0 Å². The topological polar surface area (TPSA) is 63.2 Å². The SMILES string of the molecule is [Li+].[Li+].[Li+].[Li+].[O]=[Ti]([O-])[O-].[S-2]. The maximum absolute atomic E-state index is 8.58. The second-order valence-electron chi connectivity index (χ2n) is 0.250. The largest absolute Gasteiger partial charge is 2.00 e. The van der Waals surface area contributed by atoms with Crippen LogP contribution >= 0.6 is 0 Å². The van der Waals surface area contributed by atoms with Gasteiger partial charge in [-0.05, 0) is 0 Å². The van der Waals surface area contributed by atoms with E-state index < -0.39 is 18.6 Å². The molecule has 3 nitrogen and oxygen atoms in total. The van der Waals surface area contributed by atoms with Crippen molar-refractivity contribution in [1.29, 1.82) is 0 Å². The van der Waals surface area contributed by atoms with Gasteiger partial charge in [-0.1, -0.05) is 0 Å². The van der Waals surface area contributed by atoms with E-state index in [1.54, 1.807) is 0 Å². The molecule has 0 heterocycles. The van der Waals surface area contributed by atoms with Crippen LogP contribution in [0.1, 0.15) is 0 Å². The molecular formula is Li4O3STi. The normalized spacial score (nSPS) is 2.89. The molecule has 0 rings (SSSR count). The molecule has 0 aromatic heterocycles. The summed E-state index contributed by atoms with van der Waals surface area (Å²) in [6, 6.07) is 0. The Kier molecular flexibility index (Phi) is 134. The molecule has 0 aliphatic carbocycles. The van der Waals surface area contributed by atoms with Crippen molar-refractivity contribution in [3.63, 3.8) is 0 Å². The summed E-state index contributed by atoms with van der Waals surface area (Å²) in [4.78, 5) is 0. The molecule has 0 aromatic carbocycles. The van der Waals surface area contributed by atoms with Gasteiger partial charge in [0.25, 0.3) is 0 Å². The molecule has 0 unspecified atom stereocenters. The van der Waals surface area contributed by atoms with Crippen LogP contribution in [0.5, 0.6) is 0 Å². The number of rotatable bonds is 0. The van der Waals surface area contributed by atoms with Crippen LogP contribution < -0.4 is 82.8 Å². The van der Waals surface area contributed by atoms with Crippen LogP contribution in [0, 0.1) is 0 Å². The summed E-state index contributed by atoms with van der Waals surface area (Å²) in [7, 11) is 0. The molecule has 9 heteroatoms. The average Bonchev–Trinajstić information content (AvgIpc) is 0.811. The summed E-state index contributed by atoms with van der Waals surface area (Å²) >= 11 is -4.08. The third-order valence-electron chi connectivity index (χ3n) is 0. The summed E-state index contributed by atoms with van der Waals surface area (Å²) in [5.41, 5.74) is 0. The summed E-state index contributed by atoms with van der Waals surface area (Å²) < 4.78 is 25.8. The van der Waals surface area contributed by atoms with E-state index >= 15 is 0 Å². The molecule has 0 atom stereocenters. The van der Waals surface area contributed by atoms with E-state index in [-0.39, 0.29) is 88.9 Å². The van der Waals surface area contributed by atoms with Crippen molar-refractivity contribution in [1.82, 2.24) is 0 Å². The van der Waals surface area contributed by atoms with Crippen molar-refractivity contribution in [2.75, 3.05) is 0 Å². The quantitative estimate of drug-likeness (QED) is 0.327. The van der Waals surface area contributed by atoms with Gasteiger partial charge < -0.3 is 13.5 Å². The second kappa shape index (κ2) is 30.3. The third-order valence-corrected chi connectivity index (χ3v) is 0. The third kappa shape index (κ3) is 93.4. The molecule has 0 spiro atoms. The van der Waals surface area contributed by atoms with Crippen LogP contribution in [-0.2, 0) is 35.4 Å². The van der Waals surface area contributed by atoms with Gasteiger partial charge in [0.2, 0.25) is 0 Å². The zero-order chi connectivity index (χ0) is 3.58. The molecule has 0 fully saturated rings. The van der Waals surface area contributed by atoms with Crippen molar-refractivity contribution in [2.45, 2.75) is 0 Å². The van der Waals surface area contributed by atoms with Crippen molar-refractivity contribution >= 4 is 13.5 Å². The maximum atomic E-state index is 8.58. The predicted octanol–water partition coefficient (Wildman–Crippen LogP) is -14.5. The van der Waals surface area contributed by atoms with Gasteiger partial charge in [-0.15, -0.1) is 0 Å². The number of hydrogen-bond acceptors (Lipinski definition) is 3. The molecule has 0 saturated heterocycles. The van der Waals surface area contributed by atoms with Gasteiger partial charge in [0, 0.05) is 0 Å².